The molecule has 1 aliphatic rings. The molecular weight excluding hydrogens is 330 g/mol. The zero-order valence-electron chi connectivity index (χ0n) is 12.1. The highest BCUT2D eigenvalue weighted by molar-refractivity contribution is 9.10. The number of halogens is 1. The number of ether oxygens (including phenoxy) is 1. The maximum Gasteiger partial charge on any atom is 0.135 e. The molecule has 0 fully saturated rings. The molecule has 21 heavy (non-hydrogen) atoms. The Hall–Kier alpha value is -1.26. The Balaban J connectivity index is 1.96. The van der Waals surface area contributed by atoms with Crippen molar-refractivity contribution < 1.29 is 9.15 Å². The highest BCUT2D eigenvalue weighted by atomic mass is 79.9. The molecule has 1 aromatic carbocycles. The largest absolute Gasteiger partial charge is 0.493 e. The van der Waals surface area contributed by atoms with Gasteiger partial charge in [0, 0.05) is 5.92 Å². The number of para-hydroxylation sites is 1. The van der Waals surface area contributed by atoms with E-state index in [1.807, 2.05) is 12.1 Å². The molecule has 0 bridgehead atoms. The van der Waals surface area contributed by atoms with Gasteiger partial charge in [0.15, 0.2) is 0 Å². The monoisotopic (exact) mass is 349 g/mol. The highest BCUT2D eigenvalue weighted by Gasteiger charge is 2.32. The van der Waals surface area contributed by atoms with Crippen LogP contribution in [0.4, 0.5) is 0 Å². The van der Waals surface area contributed by atoms with Crippen molar-refractivity contribution in [1.29, 1.82) is 0 Å². The molecular formula is C17H20BrNO2. The number of rotatable bonds is 5. The van der Waals surface area contributed by atoms with Crippen LogP contribution in [0.25, 0.3) is 0 Å². The van der Waals surface area contributed by atoms with Crippen LogP contribution in [0.5, 0.6) is 5.75 Å². The fourth-order valence-corrected chi connectivity index (χ4v) is 3.41. The van der Waals surface area contributed by atoms with E-state index >= 15 is 0 Å². The van der Waals surface area contributed by atoms with Gasteiger partial charge in [-0.2, -0.15) is 0 Å². The smallest absolute Gasteiger partial charge is 0.135 e. The summed E-state index contributed by atoms with van der Waals surface area (Å²) < 4.78 is 12.6. The van der Waals surface area contributed by atoms with E-state index in [2.05, 4.69) is 46.4 Å². The van der Waals surface area contributed by atoms with E-state index < -0.39 is 0 Å². The minimum Gasteiger partial charge on any atom is -0.493 e. The van der Waals surface area contributed by atoms with E-state index in [4.69, 9.17) is 9.15 Å². The Kier molecular flexibility index (Phi) is 4.66. The van der Waals surface area contributed by atoms with Gasteiger partial charge >= 0.3 is 0 Å². The molecule has 2 aromatic rings. The summed E-state index contributed by atoms with van der Waals surface area (Å²) in [6.07, 6.45) is 3.83. The summed E-state index contributed by atoms with van der Waals surface area (Å²) in [7, 11) is 0. The number of nitrogens with one attached hydrogen (secondary N) is 1. The lowest BCUT2D eigenvalue weighted by atomic mass is 9.85. The maximum atomic E-state index is 5.79. The van der Waals surface area contributed by atoms with Gasteiger partial charge in [0.1, 0.15) is 11.5 Å². The number of benzene rings is 1. The van der Waals surface area contributed by atoms with Gasteiger partial charge in [0.25, 0.3) is 0 Å². The van der Waals surface area contributed by atoms with Crippen LogP contribution in [0.1, 0.15) is 43.0 Å². The average molecular weight is 350 g/mol. The third kappa shape index (κ3) is 3.01. The van der Waals surface area contributed by atoms with Crippen LogP contribution in [-0.4, -0.2) is 13.2 Å². The highest BCUT2D eigenvalue weighted by Crippen LogP contribution is 2.43. The van der Waals surface area contributed by atoms with Gasteiger partial charge in [-0.3, -0.25) is 0 Å². The second-order valence-corrected chi connectivity index (χ2v) is 6.20. The molecule has 2 heterocycles. The fraction of sp³-hybridized carbons (Fsp3) is 0.412. The molecule has 0 amide bonds. The van der Waals surface area contributed by atoms with E-state index in [-0.39, 0.29) is 6.04 Å². The van der Waals surface area contributed by atoms with Crippen LogP contribution in [0.3, 0.4) is 0 Å². The molecule has 0 spiro atoms. The van der Waals surface area contributed by atoms with Crippen molar-refractivity contribution in [3.05, 3.63) is 52.4 Å². The topological polar surface area (TPSA) is 34.4 Å². The number of hydrogen-bond donors (Lipinski definition) is 1. The first-order valence-corrected chi connectivity index (χ1v) is 8.28. The minimum absolute atomic E-state index is 0.166. The normalized spacial score (nSPS) is 18.9. The van der Waals surface area contributed by atoms with Crippen LogP contribution in [-0.2, 0) is 0 Å². The Labute approximate surface area is 133 Å². The molecule has 112 valence electrons. The molecule has 0 saturated heterocycles. The molecule has 2 unspecified atom stereocenters. The van der Waals surface area contributed by atoms with Gasteiger partial charge in [-0.1, -0.05) is 25.1 Å². The molecule has 3 rings (SSSR count). The molecule has 0 radical (unpaired) electrons. The molecule has 1 aliphatic heterocycles. The first kappa shape index (κ1) is 14.7. The second-order valence-electron chi connectivity index (χ2n) is 5.35. The van der Waals surface area contributed by atoms with Crippen molar-refractivity contribution in [3.8, 4) is 5.75 Å². The summed E-state index contributed by atoms with van der Waals surface area (Å²) >= 11 is 3.60. The van der Waals surface area contributed by atoms with Gasteiger partial charge in [0.2, 0.25) is 0 Å². The summed E-state index contributed by atoms with van der Waals surface area (Å²) in [6, 6.07) is 10.4. The SMILES string of the molecule is CCCNC(c1occc1Br)C1CCOc2ccccc21. The van der Waals surface area contributed by atoms with E-state index in [0.717, 1.165) is 42.0 Å². The quantitative estimate of drug-likeness (QED) is 0.852. The Morgan fingerprint density at radius 2 is 2.19 bits per heavy atom. The molecule has 0 aliphatic carbocycles. The van der Waals surface area contributed by atoms with Gasteiger partial charge in [-0.05, 0) is 53.0 Å². The van der Waals surface area contributed by atoms with Crippen molar-refractivity contribution >= 4 is 15.9 Å². The molecule has 0 saturated carbocycles. The summed E-state index contributed by atoms with van der Waals surface area (Å²) in [5, 5.41) is 3.64. The van der Waals surface area contributed by atoms with E-state index in [9.17, 15) is 0 Å². The lowest BCUT2D eigenvalue weighted by Crippen LogP contribution is -2.31. The lowest BCUT2D eigenvalue weighted by Gasteiger charge is -2.32. The minimum atomic E-state index is 0.166. The predicted molar refractivity (Wildman–Crippen MR) is 86.7 cm³/mol. The predicted octanol–water partition coefficient (Wildman–Crippen LogP) is 4.65. The summed E-state index contributed by atoms with van der Waals surface area (Å²) in [5.41, 5.74) is 1.26. The number of hydrogen-bond acceptors (Lipinski definition) is 3. The van der Waals surface area contributed by atoms with Crippen molar-refractivity contribution in [2.24, 2.45) is 0 Å². The number of fused-ring (bicyclic) bond motifs is 1. The summed E-state index contributed by atoms with van der Waals surface area (Å²) in [6.45, 7) is 3.90. The zero-order valence-corrected chi connectivity index (χ0v) is 13.7. The van der Waals surface area contributed by atoms with Crippen LogP contribution < -0.4 is 10.1 Å². The van der Waals surface area contributed by atoms with Crippen molar-refractivity contribution in [1.82, 2.24) is 5.32 Å². The van der Waals surface area contributed by atoms with Gasteiger partial charge in [-0.25, -0.2) is 0 Å². The lowest BCUT2D eigenvalue weighted by molar-refractivity contribution is 0.235. The van der Waals surface area contributed by atoms with Crippen LogP contribution in [0, 0.1) is 0 Å². The van der Waals surface area contributed by atoms with Crippen LogP contribution in [0.2, 0.25) is 0 Å². The maximum absolute atomic E-state index is 5.79. The van der Waals surface area contributed by atoms with Gasteiger partial charge in [0.05, 0.1) is 23.4 Å². The van der Waals surface area contributed by atoms with Gasteiger partial charge in [-0.15, -0.1) is 0 Å². The molecule has 3 nitrogen and oxygen atoms in total. The van der Waals surface area contributed by atoms with Crippen molar-refractivity contribution in [2.45, 2.75) is 31.7 Å². The van der Waals surface area contributed by atoms with Crippen molar-refractivity contribution in [3.63, 3.8) is 0 Å². The Bertz CT molecular complexity index is 596. The summed E-state index contributed by atoms with van der Waals surface area (Å²) in [4.78, 5) is 0. The molecule has 1 N–H and O–H groups in total. The zero-order chi connectivity index (χ0) is 14.7. The molecule has 4 heteroatoms. The first-order chi connectivity index (χ1) is 10.3. The standard InChI is InChI=1S/C17H20BrNO2/c1-2-9-19-16(17-14(18)8-11-21-17)13-7-10-20-15-6-4-3-5-12(13)15/h3-6,8,11,13,16,19H,2,7,9-10H2,1H3. The van der Waals surface area contributed by atoms with E-state index in [0.29, 0.717) is 5.92 Å². The molecule has 1 aromatic heterocycles. The van der Waals surface area contributed by atoms with Crippen molar-refractivity contribution in [2.75, 3.05) is 13.2 Å². The molecule has 2 atom stereocenters. The Morgan fingerprint density at radius 3 is 2.95 bits per heavy atom. The third-order valence-electron chi connectivity index (χ3n) is 3.95. The summed E-state index contributed by atoms with van der Waals surface area (Å²) in [5.74, 6) is 2.34. The third-order valence-corrected chi connectivity index (χ3v) is 4.60. The fourth-order valence-electron chi connectivity index (χ4n) is 2.96. The van der Waals surface area contributed by atoms with E-state index in [1.165, 1.54) is 5.56 Å². The van der Waals surface area contributed by atoms with Crippen LogP contribution >= 0.6 is 15.9 Å². The van der Waals surface area contributed by atoms with E-state index in [1.54, 1.807) is 6.26 Å². The van der Waals surface area contributed by atoms with Crippen LogP contribution in [0.15, 0.2) is 45.5 Å². The first-order valence-electron chi connectivity index (χ1n) is 7.49. The average Bonchev–Trinajstić information content (AvgIpc) is 2.94. The Morgan fingerprint density at radius 1 is 1.33 bits per heavy atom. The number of furan rings is 1. The van der Waals surface area contributed by atoms with Gasteiger partial charge < -0.3 is 14.5 Å². The second kappa shape index (κ2) is 6.67.